The largest absolute Gasteiger partial charge is 0.398 e. The van der Waals surface area contributed by atoms with Crippen LogP contribution < -0.4 is 16.4 Å². The smallest absolute Gasteiger partial charge is 0.222 e. The molecule has 1 aliphatic rings. The maximum absolute atomic E-state index is 11.5. The number of piperidine rings is 1. The number of aromatic nitrogens is 1. The number of nitrogens with zero attached hydrogens (tertiary/aromatic N) is 2. The van der Waals surface area contributed by atoms with Crippen LogP contribution in [0.1, 0.15) is 18.5 Å². The van der Waals surface area contributed by atoms with Crippen LogP contribution in [0.15, 0.2) is 24.4 Å². The van der Waals surface area contributed by atoms with E-state index in [0.717, 1.165) is 47.2 Å². The summed E-state index contributed by atoms with van der Waals surface area (Å²) >= 11 is 0. The number of amides is 1. The summed E-state index contributed by atoms with van der Waals surface area (Å²) in [6, 6.07) is 5.98. The molecule has 1 fully saturated rings. The summed E-state index contributed by atoms with van der Waals surface area (Å²) < 4.78 is 0. The highest BCUT2D eigenvalue weighted by Gasteiger charge is 2.25. The maximum Gasteiger partial charge on any atom is 0.222 e. The third-order valence-corrected chi connectivity index (χ3v) is 4.21. The molecule has 1 amide bonds. The number of nitrogen functional groups attached to an aromatic ring is 1. The van der Waals surface area contributed by atoms with Gasteiger partial charge < -0.3 is 16.4 Å². The molecule has 1 atom stereocenters. The molecule has 0 bridgehead atoms. The van der Waals surface area contributed by atoms with E-state index in [1.807, 2.05) is 25.3 Å². The van der Waals surface area contributed by atoms with Gasteiger partial charge in [0.1, 0.15) is 0 Å². The van der Waals surface area contributed by atoms with Crippen molar-refractivity contribution in [1.82, 2.24) is 4.98 Å². The van der Waals surface area contributed by atoms with Gasteiger partial charge in [0.2, 0.25) is 5.91 Å². The fraction of sp³-hybridized carbons (Fsp3) is 0.375. The molecule has 1 aliphatic heterocycles. The van der Waals surface area contributed by atoms with E-state index < -0.39 is 0 Å². The zero-order valence-electron chi connectivity index (χ0n) is 12.2. The van der Waals surface area contributed by atoms with Crippen molar-refractivity contribution in [1.29, 1.82) is 0 Å². The van der Waals surface area contributed by atoms with Gasteiger partial charge in [-0.25, -0.2) is 0 Å². The molecular weight excluding hydrogens is 264 g/mol. The first kappa shape index (κ1) is 13.7. The number of anilines is 2. The highest BCUT2D eigenvalue weighted by atomic mass is 16.1. The van der Waals surface area contributed by atoms with E-state index in [4.69, 9.17) is 11.5 Å². The van der Waals surface area contributed by atoms with Crippen LogP contribution in [0.4, 0.5) is 11.4 Å². The van der Waals surface area contributed by atoms with Crippen LogP contribution in [-0.2, 0) is 4.79 Å². The number of carbonyl (C=O) groups excluding carboxylic acids is 1. The third kappa shape index (κ3) is 2.51. The molecule has 5 heteroatoms. The van der Waals surface area contributed by atoms with E-state index in [0.29, 0.717) is 6.54 Å². The molecule has 2 aromatic rings. The molecule has 0 radical (unpaired) electrons. The summed E-state index contributed by atoms with van der Waals surface area (Å²) in [5, 5.41) is 2.05. The van der Waals surface area contributed by atoms with Crippen LogP contribution in [0.5, 0.6) is 0 Å². The number of carbonyl (C=O) groups is 1. The number of pyridine rings is 1. The lowest BCUT2D eigenvalue weighted by Crippen LogP contribution is -2.41. The second-order valence-corrected chi connectivity index (χ2v) is 5.73. The molecule has 110 valence electrons. The molecule has 2 heterocycles. The minimum atomic E-state index is -0.211. The molecule has 21 heavy (non-hydrogen) atoms. The van der Waals surface area contributed by atoms with Gasteiger partial charge in [0.05, 0.1) is 5.92 Å². The van der Waals surface area contributed by atoms with Crippen molar-refractivity contribution in [2.75, 3.05) is 23.7 Å². The van der Waals surface area contributed by atoms with E-state index in [1.165, 1.54) is 0 Å². The maximum atomic E-state index is 11.5. The molecule has 5 nitrogen and oxygen atoms in total. The number of hydrogen-bond donors (Lipinski definition) is 2. The zero-order chi connectivity index (χ0) is 15.0. The average Bonchev–Trinajstić information content (AvgIpc) is 2.47. The molecule has 1 aromatic heterocycles. The quantitative estimate of drug-likeness (QED) is 0.824. The second kappa shape index (κ2) is 5.24. The Morgan fingerprint density at radius 3 is 2.95 bits per heavy atom. The Labute approximate surface area is 123 Å². The number of benzene rings is 1. The normalized spacial score (nSPS) is 18.9. The Morgan fingerprint density at radius 2 is 2.19 bits per heavy atom. The van der Waals surface area contributed by atoms with Gasteiger partial charge in [0.25, 0.3) is 0 Å². The standard InChI is InChI=1S/C16H20N4O/c1-10-7-12-13(8-19-10)14(17)4-5-15(12)20-6-2-3-11(9-20)16(18)21/h4-5,7-8,11H,2-3,6,9,17H2,1H3,(H2,18,21). The Bertz CT molecular complexity index is 698. The Morgan fingerprint density at radius 1 is 1.38 bits per heavy atom. The lowest BCUT2D eigenvalue weighted by atomic mass is 9.96. The first-order valence-electron chi connectivity index (χ1n) is 7.25. The molecule has 4 N–H and O–H groups in total. The molecule has 3 rings (SSSR count). The van der Waals surface area contributed by atoms with Crippen LogP contribution in [0.3, 0.4) is 0 Å². The molecule has 1 unspecified atom stereocenters. The molecule has 0 spiro atoms. The Kier molecular flexibility index (Phi) is 3.41. The molecular formula is C16H20N4O. The highest BCUT2D eigenvalue weighted by molar-refractivity contribution is 6.01. The lowest BCUT2D eigenvalue weighted by Gasteiger charge is -2.34. The third-order valence-electron chi connectivity index (χ3n) is 4.21. The van der Waals surface area contributed by atoms with E-state index in [9.17, 15) is 4.79 Å². The van der Waals surface area contributed by atoms with Crippen molar-refractivity contribution in [3.8, 4) is 0 Å². The van der Waals surface area contributed by atoms with E-state index in [-0.39, 0.29) is 11.8 Å². The van der Waals surface area contributed by atoms with Gasteiger partial charge in [-0.3, -0.25) is 9.78 Å². The number of nitrogens with two attached hydrogens (primary N) is 2. The van der Waals surface area contributed by atoms with Crippen molar-refractivity contribution >= 4 is 28.1 Å². The van der Waals surface area contributed by atoms with Crippen LogP contribution >= 0.6 is 0 Å². The van der Waals surface area contributed by atoms with Crippen molar-refractivity contribution < 1.29 is 4.79 Å². The van der Waals surface area contributed by atoms with Crippen molar-refractivity contribution in [2.24, 2.45) is 11.7 Å². The van der Waals surface area contributed by atoms with Gasteiger partial charge in [-0.15, -0.1) is 0 Å². The number of hydrogen-bond acceptors (Lipinski definition) is 4. The zero-order valence-corrected chi connectivity index (χ0v) is 12.2. The summed E-state index contributed by atoms with van der Waals surface area (Å²) in [5.74, 6) is -0.286. The minimum Gasteiger partial charge on any atom is -0.398 e. The number of aryl methyl sites for hydroxylation is 1. The van der Waals surface area contributed by atoms with Gasteiger partial charge >= 0.3 is 0 Å². The van der Waals surface area contributed by atoms with Gasteiger partial charge in [0.15, 0.2) is 0 Å². The summed E-state index contributed by atoms with van der Waals surface area (Å²) in [6.45, 7) is 3.58. The van der Waals surface area contributed by atoms with Crippen molar-refractivity contribution in [3.63, 3.8) is 0 Å². The van der Waals surface area contributed by atoms with E-state index in [2.05, 4.69) is 16.0 Å². The van der Waals surface area contributed by atoms with Crippen LogP contribution in [-0.4, -0.2) is 24.0 Å². The van der Waals surface area contributed by atoms with E-state index >= 15 is 0 Å². The fourth-order valence-corrected chi connectivity index (χ4v) is 3.05. The van der Waals surface area contributed by atoms with Gasteiger partial charge in [-0.2, -0.15) is 0 Å². The van der Waals surface area contributed by atoms with Crippen LogP contribution in [0, 0.1) is 12.8 Å². The van der Waals surface area contributed by atoms with Crippen molar-refractivity contribution in [2.45, 2.75) is 19.8 Å². The molecule has 1 saturated heterocycles. The highest BCUT2D eigenvalue weighted by Crippen LogP contribution is 2.33. The average molecular weight is 284 g/mol. The van der Waals surface area contributed by atoms with Crippen LogP contribution in [0.25, 0.3) is 10.8 Å². The Hall–Kier alpha value is -2.30. The van der Waals surface area contributed by atoms with Crippen LogP contribution in [0.2, 0.25) is 0 Å². The topological polar surface area (TPSA) is 85.2 Å². The van der Waals surface area contributed by atoms with E-state index in [1.54, 1.807) is 0 Å². The lowest BCUT2D eigenvalue weighted by molar-refractivity contribution is -0.122. The molecule has 0 saturated carbocycles. The minimum absolute atomic E-state index is 0.0747. The van der Waals surface area contributed by atoms with Gasteiger partial charge in [-0.1, -0.05) is 0 Å². The first-order valence-corrected chi connectivity index (χ1v) is 7.25. The Balaban J connectivity index is 2.05. The van der Waals surface area contributed by atoms with Crippen molar-refractivity contribution in [3.05, 3.63) is 30.1 Å². The van der Waals surface area contributed by atoms with Gasteiger partial charge in [0, 0.05) is 47.1 Å². The predicted molar refractivity (Wildman–Crippen MR) is 85.0 cm³/mol. The second-order valence-electron chi connectivity index (χ2n) is 5.73. The molecule has 1 aromatic carbocycles. The number of fused-ring (bicyclic) bond motifs is 1. The van der Waals surface area contributed by atoms with Gasteiger partial charge in [-0.05, 0) is 38.0 Å². The molecule has 0 aliphatic carbocycles. The summed E-state index contributed by atoms with van der Waals surface area (Å²) in [5.41, 5.74) is 14.3. The first-order chi connectivity index (χ1) is 10.1. The summed E-state index contributed by atoms with van der Waals surface area (Å²) in [4.78, 5) is 18.0. The SMILES string of the molecule is Cc1cc2c(N3CCCC(C(N)=O)C3)ccc(N)c2cn1. The summed E-state index contributed by atoms with van der Waals surface area (Å²) in [6.07, 6.45) is 3.67. The predicted octanol–water partition coefficient (Wildman–Crippen LogP) is 1.83. The fourth-order valence-electron chi connectivity index (χ4n) is 3.05. The number of rotatable bonds is 2. The number of primary amides is 1. The monoisotopic (exact) mass is 284 g/mol. The summed E-state index contributed by atoms with van der Waals surface area (Å²) in [7, 11) is 0.